The summed E-state index contributed by atoms with van der Waals surface area (Å²) >= 11 is 0. The molecule has 3 rings (SSSR count). The van der Waals surface area contributed by atoms with E-state index >= 15 is 0 Å². The average Bonchev–Trinajstić information content (AvgIpc) is 3.10. The Bertz CT molecular complexity index is 598. The maximum absolute atomic E-state index is 12.3. The highest BCUT2D eigenvalue weighted by Crippen LogP contribution is 2.33. The highest BCUT2D eigenvalue weighted by Gasteiger charge is 2.39. The molecule has 0 spiro atoms. The van der Waals surface area contributed by atoms with Gasteiger partial charge >= 0.3 is 6.09 Å². The summed E-state index contributed by atoms with van der Waals surface area (Å²) in [6.07, 6.45) is 0.275. The summed E-state index contributed by atoms with van der Waals surface area (Å²) in [5.74, 6) is 1.41. The van der Waals surface area contributed by atoms with Crippen molar-refractivity contribution >= 4 is 12.0 Å². The molecule has 2 amide bonds. The first-order chi connectivity index (χ1) is 10.6. The highest BCUT2D eigenvalue weighted by atomic mass is 16.7. The largest absolute Gasteiger partial charge is 0.454 e. The van der Waals surface area contributed by atoms with E-state index in [0.717, 1.165) is 11.3 Å². The molecule has 118 valence electrons. The predicted molar refractivity (Wildman–Crippen MR) is 77.7 cm³/mol. The molecule has 2 aliphatic heterocycles. The Labute approximate surface area is 128 Å². The van der Waals surface area contributed by atoms with E-state index in [-0.39, 0.29) is 37.7 Å². The van der Waals surface area contributed by atoms with Crippen LogP contribution in [-0.2, 0) is 16.0 Å². The number of nitrogens with zero attached hydrogens (tertiary/aromatic N) is 1. The molecule has 0 saturated carbocycles. The Balaban J connectivity index is 1.63. The first kappa shape index (κ1) is 14.7. The number of cyclic esters (lactones) is 1. The van der Waals surface area contributed by atoms with Gasteiger partial charge in [0.15, 0.2) is 11.5 Å². The van der Waals surface area contributed by atoms with E-state index in [4.69, 9.17) is 14.2 Å². The number of ether oxygens (including phenoxy) is 3. The number of rotatable bonds is 4. The van der Waals surface area contributed by atoms with Crippen LogP contribution in [0.2, 0.25) is 0 Å². The van der Waals surface area contributed by atoms with E-state index < -0.39 is 6.09 Å². The van der Waals surface area contributed by atoms with Crippen LogP contribution in [0.25, 0.3) is 0 Å². The van der Waals surface area contributed by atoms with Gasteiger partial charge in [-0.05, 0) is 30.0 Å². The van der Waals surface area contributed by atoms with Gasteiger partial charge in [-0.15, -0.1) is 0 Å². The van der Waals surface area contributed by atoms with Gasteiger partial charge in [0.2, 0.25) is 12.7 Å². The van der Waals surface area contributed by atoms with Crippen molar-refractivity contribution < 1.29 is 23.8 Å². The lowest BCUT2D eigenvalue weighted by Crippen LogP contribution is -2.41. The lowest BCUT2D eigenvalue weighted by Gasteiger charge is -2.22. The molecule has 2 heterocycles. The van der Waals surface area contributed by atoms with Crippen molar-refractivity contribution in [2.24, 2.45) is 5.92 Å². The van der Waals surface area contributed by atoms with Crippen LogP contribution >= 0.6 is 0 Å². The number of hydrogen-bond donors (Lipinski definition) is 0. The number of fused-ring (bicyclic) bond motifs is 1. The van der Waals surface area contributed by atoms with Crippen LogP contribution in [-0.4, -0.2) is 36.3 Å². The molecule has 0 radical (unpaired) electrons. The molecule has 2 aliphatic rings. The topological polar surface area (TPSA) is 65.1 Å². The molecule has 22 heavy (non-hydrogen) atoms. The molecule has 6 heteroatoms. The van der Waals surface area contributed by atoms with Crippen LogP contribution in [0, 0.1) is 5.92 Å². The van der Waals surface area contributed by atoms with Crippen LogP contribution in [0.4, 0.5) is 4.79 Å². The normalized spacial score (nSPS) is 19.7. The summed E-state index contributed by atoms with van der Waals surface area (Å²) in [4.78, 5) is 25.4. The predicted octanol–water partition coefficient (Wildman–Crippen LogP) is 2.35. The standard InChI is InChI=1S/C16H19NO5/c1-10(2)12-8-20-16(19)17(12)15(18)6-4-11-3-5-13-14(7-11)22-9-21-13/h3,5,7,10,12H,4,6,8-9H2,1-2H3. The molecule has 1 aromatic carbocycles. The molecule has 0 aromatic heterocycles. The molecule has 1 saturated heterocycles. The van der Waals surface area contributed by atoms with E-state index in [9.17, 15) is 9.59 Å². The van der Waals surface area contributed by atoms with Crippen LogP contribution < -0.4 is 9.47 Å². The van der Waals surface area contributed by atoms with Gasteiger partial charge in [-0.25, -0.2) is 9.69 Å². The molecule has 0 aliphatic carbocycles. The molecule has 1 aromatic rings. The second-order valence-corrected chi connectivity index (χ2v) is 5.84. The fourth-order valence-corrected chi connectivity index (χ4v) is 2.68. The van der Waals surface area contributed by atoms with Crippen LogP contribution in [0.15, 0.2) is 18.2 Å². The first-order valence-corrected chi connectivity index (χ1v) is 7.43. The zero-order valence-corrected chi connectivity index (χ0v) is 12.7. The van der Waals surface area contributed by atoms with Crippen LogP contribution in [0.5, 0.6) is 11.5 Å². The van der Waals surface area contributed by atoms with Crippen molar-refractivity contribution in [2.75, 3.05) is 13.4 Å². The summed E-state index contributed by atoms with van der Waals surface area (Å²) in [6.45, 7) is 4.47. The smallest absolute Gasteiger partial charge is 0.416 e. The van der Waals surface area contributed by atoms with E-state index in [1.54, 1.807) is 0 Å². The minimum absolute atomic E-state index is 0.170. The quantitative estimate of drug-likeness (QED) is 0.854. The summed E-state index contributed by atoms with van der Waals surface area (Å²) in [5.41, 5.74) is 0.978. The number of carbonyl (C=O) groups is 2. The second kappa shape index (κ2) is 5.87. The Morgan fingerprint density at radius 3 is 2.82 bits per heavy atom. The maximum atomic E-state index is 12.3. The third-order valence-electron chi connectivity index (χ3n) is 4.01. The highest BCUT2D eigenvalue weighted by molar-refractivity contribution is 5.93. The molecule has 6 nitrogen and oxygen atoms in total. The summed E-state index contributed by atoms with van der Waals surface area (Å²) in [6, 6.07) is 5.45. The van der Waals surface area contributed by atoms with Crippen molar-refractivity contribution in [3.05, 3.63) is 23.8 Å². The average molecular weight is 305 g/mol. The number of benzene rings is 1. The molecular formula is C16H19NO5. The number of aryl methyl sites for hydroxylation is 1. The van der Waals surface area contributed by atoms with Gasteiger partial charge in [-0.2, -0.15) is 0 Å². The number of amides is 2. The zero-order valence-electron chi connectivity index (χ0n) is 12.7. The molecule has 1 unspecified atom stereocenters. The number of carbonyl (C=O) groups excluding carboxylic acids is 2. The SMILES string of the molecule is CC(C)C1COC(=O)N1C(=O)CCc1ccc2c(c1)OCO2. The third kappa shape index (κ3) is 2.73. The lowest BCUT2D eigenvalue weighted by molar-refractivity contribution is -0.129. The Kier molecular flexibility index (Phi) is 3.92. The Morgan fingerprint density at radius 2 is 2.05 bits per heavy atom. The van der Waals surface area contributed by atoms with Gasteiger partial charge < -0.3 is 14.2 Å². The van der Waals surface area contributed by atoms with E-state index in [1.165, 1.54) is 4.90 Å². The van der Waals surface area contributed by atoms with Gasteiger partial charge in [0.1, 0.15) is 6.61 Å². The van der Waals surface area contributed by atoms with Gasteiger partial charge in [0.05, 0.1) is 6.04 Å². The van der Waals surface area contributed by atoms with E-state index in [2.05, 4.69) is 0 Å². The van der Waals surface area contributed by atoms with Crippen molar-refractivity contribution in [2.45, 2.75) is 32.7 Å². The first-order valence-electron chi connectivity index (χ1n) is 7.43. The maximum Gasteiger partial charge on any atom is 0.416 e. The van der Waals surface area contributed by atoms with Crippen LogP contribution in [0.3, 0.4) is 0 Å². The fraction of sp³-hybridized carbons (Fsp3) is 0.500. The lowest BCUT2D eigenvalue weighted by atomic mass is 10.0. The number of hydrogen-bond acceptors (Lipinski definition) is 5. The Morgan fingerprint density at radius 1 is 1.27 bits per heavy atom. The van der Waals surface area contributed by atoms with Crippen LogP contribution in [0.1, 0.15) is 25.8 Å². The van der Waals surface area contributed by atoms with Crippen molar-refractivity contribution in [3.63, 3.8) is 0 Å². The van der Waals surface area contributed by atoms with Crippen molar-refractivity contribution in [1.29, 1.82) is 0 Å². The molecule has 0 N–H and O–H groups in total. The minimum atomic E-state index is -0.533. The summed E-state index contributed by atoms with van der Waals surface area (Å²) in [5, 5.41) is 0. The fourth-order valence-electron chi connectivity index (χ4n) is 2.68. The van der Waals surface area contributed by atoms with Gasteiger partial charge in [-0.3, -0.25) is 4.79 Å². The third-order valence-corrected chi connectivity index (χ3v) is 4.01. The number of imide groups is 1. The second-order valence-electron chi connectivity index (χ2n) is 5.84. The van der Waals surface area contributed by atoms with Crippen molar-refractivity contribution in [3.8, 4) is 11.5 Å². The van der Waals surface area contributed by atoms with E-state index in [0.29, 0.717) is 12.2 Å². The molecular weight excluding hydrogens is 286 g/mol. The summed E-state index contributed by atoms with van der Waals surface area (Å²) < 4.78 is 15.6. The molecule has 1 atom stereocenters. The zero-order chi connectivity index (χ0) is 15.7. The monoisotopic (exact) mass is 305 g/mol. The molecule has 0 bridgehead atoms. The summed E-state index contributed by atoms with van der Waals surface area (Å²) in [7, 11) is 0. The Hall–Kier alpha value is -2.24. The van der Waals surface area contributed by atoms with Crippen molar-refractivity contribution in [1.82, 2.24) is 4.90 Å². The van der Waals surface area contributed by atoms with Gasteiger partial charge in [-0.1, -0.05) is 19.9 Å². The van der Waals surface area contributed by atoms with E-state index in [1.807, 2.05) is 32.0 Å². The van der Waals surface area contributed by atoms with Gasteiger partial charge in [0.25, 0.3) is 0 Å². The van der Waals surface area contributed by atoms with Gasteiger partial charge in [0, 0.05) is 6.42 Å². The minimum Gasteiger partial charge on any atom is -0.454 e. The molecule has 1 fully saturated rings.